The van der Waals surface area contributed by atoms with Crippen molar-refractivity contribution in [3.63, 3.8) is 0 Å². The fourth-order valence-corrected chi connectivity index (χ4v) is 4.30. The molecule has 2 aliphatic rings. The van der Waals surface area contributed by atoms with Crippen molar-refractivity contribution in [1.29, 1.82) is 0 Å². The molecular weight excluding hydrogens is 378 g/mol. The molecule has 7 nitrogen and oxygen atoms in total. The van der Waals surface area contributed by atoms with Gasteiger partial charge in [0.2, 0.25) is 5.91 Å². The number of carbonyl (C=O) groups excluding carboxylic acids is 2. The van der Waals surface area contributed by atoms with Crippen molar-refractivity contribution >= 4 is 40.0 Å². The third-order valence-corrected chi connectivity index (χ3v) is 5.85. The van der Waals surface area contributed by atoms with Crippen LogP contribution < -0.4 is 4.90 Å². The first kappa shape index (κ1) is 17.3. The molecule has 1 N–H and O–H groups in total. The number of aromatic nitrogens is 3. The maximum atomic E-state index is 12.9. The fraction of sp³-hybridized carbons (Fsp3) is 0.350. The number of carbonyl (C=O) groups is 2. The van der Waals surface area contributed by atoms with Crippen LogP contribution in [0.15, 0.2) is 36.7 Å². The molecule has 2 aromatic heterocycles. The first-order valence-electron chi connectivity index (χ1n) is 9.50. The average Bonchev–Trinajstić information content (AvgIpc) is 3.45. The van der Waals surface area contributed by atoms with E-state index >= 15 is 0 Å². The van der Waals surface area contributed by atoms with Gasteiger partial charge in [0.05, 0.1) is 17.9 Å². The van der Waals surface area contributed by atoms with Crippen molar-refractivity contribution in [1.82, 2.24) is 19.7 Å². The number of anilines is 1. The number of amides is 2. The lowest BCUT2D eigenvalue weighted by atomic mass is 10.2. The van der Waals surface area contributed by atoms with Gasteiger partial charge in [-0.15, -0.1) is 0 Å². The number of nitrogens with zero attached hydrogens (tertiary/aromatic N) is 4. The highest BCUT2D eigenvalue weighted by Gasteiger charge is 2.30. The second kappa shape index (κ2) is 6.67. The van der Waals surface area contributed by atoms with Crippen LogP contribution in [0.4, 0.5) is 5.69 Å². The van der Waals surface area contributed by atoms with E-state index in [9.17, 15) is 9.59 Å². The summed E-state index contributed by atoms with van der Waals surface area (Å²) in [4.78, 5) is 31.7. The van der Waals surface area contributed by atoms with Crippen LogP contribution in [-0.2, 0) is 4.79 Å². The van der Waals surface area contributed by atoms with Crippen LogP contribution in [0, 0.1) is 0 Å². The number of H-pyrrole nitrogens is 1. The number of fused-ring (bicyclic) bond motifs is 1. The molecule has 2 fully saturated rings. The lowest BCUT2D eigenvalue weighted by Gasteiger charge is -2.16. The monoisotopic (exact) mass is 397 g/mol. The van der Waals surface area contributed by atoms with Crippen molar-refractivity contribution in [2.24, 2.45) is 0 Å². The molecule has 8 heteroatoms. The summed E-state index contributed by atoms with van der Waals surface area (Å²) in [7, 11) is 0. The van der Waals surface area contributed by atoms with Crippen LogP contribution in [0.5, 0.6) is 0 Å². The lowest BCUT2D eigenvalue weighted by molar-refractivity contribution is -0.117. The predicted octanol–water partition coefficient (Wildman–Crippen LogP) is 3.23. The normalized spacial score (nSPS) is 19.9. The fourth-order valence-electron chi connectivity index (χ4n) is 4.12. The van der Waals surface area contributed by atoms with Gasteiger partial charge in [-0.05, 0) is 37.1 Å². The molecular formula is C20H20ClN5O2. The van der Waals surface area contributed by atoms with E-state index < -0.39 is 0 Å². The van der Waals surface area contributed by atoms with Gasteiger partial charge in [0.1, 0.15) is 5.69 Å². The molecule has 2 aliphatic heterocycles. The standard InChI is InChI=1S/C20H20ClN5O2/c21-14-3-4-17-13(8-14)9-18(23-17)20(28)24-7-5-15(11-24)26-12-16(10-22-26)25-6-1-2-19(25)27/h3-4,8-10,12,15,23H,1-2,5-7,11H2. The van der Waals surface area contributed by atoms with Gasteiger partial charge in [-0.3, -0.25) is 14.3 Å². The number of halogens is 1. The highest BCUT2D eigenvalue weighted by atomic mass is 35.5. The number of hydrogen-bond acceptors (Lipinski definition) is 3. The molecule has 2 saturated heterocycles. The van der Waals surface area contributed by atoms with Crippen LogP contribution in [0.2, 0.25) is 5.02 Å². The first-order valence-corrected chi connectivity index (χ1v) is 9.88. The molecule has 1 unspecified atom stereocenters. The Bertz CT molecular complexity index is 1070. The quantitative estimate of drug-likeness (QED) is 0.737. The molecule has 28 heavy (non-hydrogen) atoms. The Kier molecular flexibility index (Phi) is 4.12. The van der Waals surface area contributed by atoms with Crippen molar-refractivity contribution in [3.8, 4) is 0 Å². The molecule has 2 amide bonds. The van der Waals surface area contributed by atoms with Crippen LogP contribution in [0.25, 0.3) is 10.9 Å². The second-order valence-corrected chi connectivity index (χ2v) is 7.87. The van der Waals surface area contributed by atoms with E-state index in [1.807, 2.05) is 34.0 Å². The van der Waals surface area contributed by atoms with Gasteiger partial charge in [-0.25, -0.2) is 0 Å². The van der Waals surface area contributed by atoms with Gasteiger partial charge in [0.25, 0.3) is 5.91 Å². The highest BCUT2D eigenvalue weighted by Crippen LogP contribution is 2.27. The average molecular weight is 398 g/mol. The van der Waals surface area contributed by atoms with Crippen molar-refractivity contribution in [3.05, 3.63) is 47.4 Å². The van der Waals surface area contributed by atoms with Gasteiger partial charge in [0.15, 0.2) is 0 Å². The van der Waals surface area contributed by atoms with Crippen molar-refractivity contribution in [2.75, 3.05) is 24.5 Å². The van der Waals surface area contributed by atoms with E-state index in [1.54, 1.807) is 17.2 Å². The molecule has 3 aromatic rings. The largest absolute Gasteiger partial charge is 0.351 e. The van der Waals surface area contributed by atoms with Crippen LogP contribution in [0.1, 0.15) is 35.8 Å². The third kappa shape index (κ3) is 2.96. The Hall–Kier alpha value is -2.80. The van der Waals surface area contributed by atoms with E-state index in [4.69, 9.17) is 11.6 Å². The highest BCUT2D eigenvalue weighted by molar-refractivity contribution is 6.31. The molecule has 1 atom stereocenters. The number of hydrogen-bond donors (Lipinski definition) is 1. The zero-order chi connectivity index (χ0) is 19.3. The summed E-state index contributed by atoms with van der Waals surface area (Å²) in [5.41, 5.74) is 2.32. The Morgan fingerprint density at radius 1 is 1.25 bits per heavy atom. The van der Waals surface area contributed by atoms with Gasteiger partial charge in [-0.2, -0.15) is 5.10 Å². The van der Waals surface area contributed by atoms with Crippen molar-refractivity contribution in [2.45, 2.75) is 25.3 Å². The molecule has 4 heterocycles. The maximum Gasteiger partial charge on any atom is 0.270 e. The molecule has 1 aromatic carbocycles. The van der Waals surface area contributed by atoms with Gasteiger partial charge < -0.3 is 14.8 Å². The Balaban J connectivity index is 1.30. The van der Waals surface area contributed by atoms with Crippen LogP contribution in [-0.4, -0.2) is 51.1 Å². The topological polar surface area (TPSA) is 74.2 Å². The number of benzene rings is 1. The molecule has 0 spiro atoms. The molecule has 0 radical (unpaired) electrons. The first-order chi connectivity index (χ1) is 13.6. The summed E-state index contributed by atoms with van der Waals surface area (Å²) in [6, 6.07) is 7.51. The van der Waals surface area contributed by atoms with Gasteiger partial charge >= 0.3 is 0 Å². The zero-order valence-corrected chi connectivity index (χ0v) is 16.0. The van der Waals surface area contributed by atoms with Crippen LogP contribution in [0.3, 0.4) is 0 Å². The van der Waals surface area contributed by atoms with E-state index in [1.165, 1.54) is 0 Å². The van der Waals surface area contributed by atoms with Crippen LogP contribution >= 0.6 is 11.6 Å². The molecule has 0 bridgehead atoms. The maximum absolute atomic E-state index is 12.9. The summed E-state index contributed by atoms with van der Waals surface area (Å²) in [5.74, 6) is 0.138. The SMILES string of the molecule is O=C(c1cc2cc(Cl)ccc2[nH]1)N1CCC(n2cc(N3CCCC3=O)cn2)C1. The zero-order valence-electron chi connectivity index (χ0n) is 15.3. The summed E-state index contributed by atoms with van der Waals surface area (Å²) in [6.07, 6.45) is 6.01. The minimum absolute atomic E-state index is 0.0167. The number of aromatic amines is 1. The van der Waals surface area contributed by atoms with Gasteiger partial charge in [-0.1, -0.05) is 11.6 Å². The van der Waals surface area contributed by atoms with E-state index in [0.717, 1.165) is 36.0 Å². The summed E-state index contributed by atoms with van der Waals surface area (Å²) in [5, 5.41) is 6.03. The summed E-state index contributed by atoms with van der Waals surface area (Å²) in [6.45, 7) is 2.03. The Morgan fingerprint density at radius 3 is 2.96 bits per heavy atom. The Morgan fingerprint density at radius 2 is 2.14 bits per heavy atom. The van der Waals surface area contributed by atoms with Crippen molar-refractivity contribution < 1.29 is 9.59 Å². The second-order valence-electron chi connectivity index (χ2n) is 7.44. The number of rotatable bonds is 3. The molecule has 5 rings (SSSR count). The molecule has 144 valence electrons. The smallest absolute Gasteiger partial charge is 0.270 e. The van der Waals surface area contributed by atoms with E-state index in [-0.39, 0.29) is 17.9 Å². The number of nitrogens with one attached hydrogen (secondary N) is 1. The van der Waals surface area contributed by atoms with E-state index in [2.05, 4.69) is 10.1 Å². The van der Waals surface area contributed by atoms with E-state index in [0.29, 0.717) is 30.2 Å². The lowest BCUT2D eigenvalue weighted by Crippen LogP contribution is -2.29. The molecule has 0 aliphatic carbocycles. The minimum Gasteiger partial charge on any atom is -0.351 e. The number of likely N-dealkylation sites (tertiary alicyclic amines) is 1. The predicted molar refractivity (Wildman–Crippen MR) is 107 cm³/mol. The minimum atomic E-state index is -0.0167. The summed E-state index contributed by atoms with van der Waals surface area (Å²) >= 11 is 6.04. The summed E-state index contributed by atoms with van der Waals surface area (Å²) < 4.78 is 1.89. The molecule has 0 saturated carbocycles. The third-order valence-electron chi connectivity index (χ3n) is 5.61. The Labute approximate surface area is 166 Å². The van der Waals surface area contributed by atoms with Gasteiger partial charge in [0, 0.05) is 48.2 Å².